The maximum atomic E-state index is 5.84. The van der Waals surface area contributed by atoms with Crippen LogP contribution in [0, 0.1) is 12.1 Å². The molecule has 0 saturated carbocycles. The molecule has 4 rings (SSSR count). The first-order valence-corrected chi connectivity index (χ1v) is 12.6. The van der Waals surface area contributed by atoms with E-state index in [0.29, 0.717) is 6.61 Å². The smallest absolute Gasteiger partial charge is 1.00 e. The van der Waals surface area contributed by atoms with Crippen LogP contribution in [0.25, 0.3) is 11.1 Å². The minimum atomic E-state index is -1.50. The zero-order valence-electron chi connectivity index (χ0n) is 17.3. The van der Waals surface area contributed by atoms with Crippen molar-refractivity contribution in [2.45, 2.75) is 39.4 Å². The fourth-order valence-corrected chi connectivity index (χ4v) is 3.93. The van der Waals surface area contributed by atoms with Gasteiger partial charge in [0.2, 0.25) is 8.32 Å². The summed E-state index contributed by atoms with van der Waals surface area (Å²) in [6.45, 7) is 9.13. The molecule has 0 aliphatic heterocycles. The Bertz CT molecular complexity index is 801. The molecule has 2 aliphatic carbocycles. The number of benzene rings is 2. The van der Waals surface area contributed by atoms with Crippen molar-refractivity contribution in [1.29, 1.82) is 0 Å². The molecule has 0 bridgehead atoms. The Kier molecular flexibility index (Phi) is 12.4. The van der Waals surface area contributed by atoms with E-state index in [1.807, 2.05) is 19.1 Å². The first-order valence-electron chi connectivity index (χ1n) is 9.19. The van der Waals surface area contributed by atoms with Crippen molar-refractivity contribution >= 4 is 8.32 Å². The van der Waals surface area contributed by atoms with Crippen LogP contribution in [-0.4, -0.2) is 14.9 Å². The summed E-state index contributed by atoms with van der Waals surface area (Å²) in [6, 6.07) is 18.1. The molecule has 0 N–H and O–H groups in total. The van der Waals surface area contributed by atoms with Crippen molar-refractivity contribution in [3.8, 4) is 11.1 Å². The summed E-state index contributed by atoms with van der Waals surface area (Å²) in [7, 11) is -1.50. The van der Waals surface area contributed by atoms with Gasteiger partial charge < -0.3 is 34.0 Å². The van der Waals surface area contributed by atoms with E-state index < -0.39 is 8.32 Å². The number of rotatable bonds is 4. The molecule has 6 heteroatoms. The molecule has 0 amide bonds. The molecule has 2 nitrogen and oxygen atoms in total. The fourth-order valence-electron chi connectivity index (χ4n) is 3.10. The number of fused-ring (bicyclic) bond motifs is 3. The first kappa shape index (κ1) is 28.2. The van der Waals surface area contributed by atoms with Gasteiger partial charge in [-0.05, 0) is 44.5 Å². The van der Waals surface area contributed by atoms with E-state index in [1.54, 1.807) is 0 Å². The number of hydrogen-bond acceptors (Lipinski definition) is 2. The molecular weight excluding hydrogens is 498 g/mol. The SMILES string of the molecule is CCOC1=[C-]CC=C1O[Si](C)(C)C.[Cl-].[Cl-].[Zr+4].[c-]1cccc2c1Cc1ccccc1-2. The van der Waals surface area contributed by atoms with Gasteiger partial charge in [0.1, 0.15) is 0 Å². The van der Waals surface area contributed by atoms with Gasteiger partial charge in [0.25, 0.3) is 0 Å². The standard InChI is InChI=1S/C13H9.C10H17O2Si.2ClH.Zr/c1-3-7-12-10(5-1)9-11-6-2-4-8-13(11)12;1-5-11-9-7-6-8-10(9)12-13(2,3)4;;;/h1-5,7-8H,9H2;8H,5-6H2,1-4H3;2*1H;/q2*-1;;;+4/p-2. The van der Waals surface area contributed by atoms with Gasteiger partial charge in [0, 0.05) is 0 Å². The number of hydrogen-bond donors (Lipinski definition) is 0. The van der Waals surface area contributed by atoms with E-state index in [9.17, 15) is 0 Å². The molecule has 0 fully saturated rings. The van der Waals surface area contributed by atoms with Crippen molar-refractivity contribution in [3.63, 3.8) is 0 Å². The minimum absolute atomic E-state index is 0. The van der Waals surface area contributed by atoms with E-state index in [2.05, 4.69) is 68.2 Å². The average Bonchev–Trinajstić information content (AvgIpc) is 3.19. The first-order chi connectivity index (χ1) is 12.5. The van der Waals surface area contributed by atoms with Crippen LogP contribution >= 0.6 is 0 Å². The fraction of sp³-hybridized carbons (Fsp3) is 0.304. The van der Waals surface area contributed by atoms with Crippen LogP contribution in [0.15, 0.2) is 60.1 Å². The zero-order chi connectivity index (χ0) is 18.6. The Balaban J connectivity index is 0.000000490. The molecular formula is C23H26Cl2O2SiZr. The van der Waals surface area contributed by atoms with Gasteiger partial charge in [-0.3, -0.25) is 0 Å². The van der Waals surface area contributed by atoms with Crippen molar-refractivity contribution in [1.82, 2.24) is 0 Å². The molecule has 0 aromatic heterocycles. The normalized spacial score (nSPS) is 13.0. The van der Waals surface area contributed by atoms with Crippen LogP contribution in [0.3, 0.4) is 0 Å². The van der Waals surface area contributed by atoms with Crippen molar-refractivity contribution < 1.29 is 60.2 Å². The van der Waals surface area contributed by atoms with Crippen LogP contribution in [0.5, 0.6) is 0 Å². The Morgan fingerprint density at radius 1 is 1.00 bits per heavy atom. The zero-order valence-corrected chi connectivity index (χ0v) is 22.3. The summed E-state index contributed by atoms with van der Waals surface area (Å²) in [5.74, 6) is 1.69. The van der Waals surface area contributed by atoms with E-state index in [-0.39, 0.29) is 51.0 Å². The van der Waals surface area contributed by atoms with E-state index in [1.165, 1.54) is 22.3 Å². The van der Waals surface area contributed by atoms with Crippen LogP contribution in [0.2, 0.25) is 19.6 Å². The van der Waals surface area contributed by atoms with Gasteiger partial charge in [-0.15, -0.1) is 18.1 Å². The monoisotopic (exact) mass is 522 g/mol. The van der Waals surface area contributed by atoms with E-state index in [4.69, 9.17) is 9.16 Å². The third-order valence-corrected chi connectivity index (χ3v) is 4.93. The maximum Gasteiger partial charge on any atom is 4.00 e. The summed E-state index contributed by atoms with van der Waals surface area (Å²) < 4.78 is 11.2. The van der Waals surface area contributed by atoms with Gasteiger partial charge in [-0.1, -0.05) is 35.4 Å². The van der Waals surface area contributed by atoms with Gasteiger partial charge >= 0.3 is 26.2 Å². The molecule has 0 radical (unpaired) electrons. The molecule has 0 unspecified atom stereocenters. The van der Waals surface area contributed by atoms with Gasteiger partial charge in [-0.2, -0.15) is 29.8 Å². The number of allylic oxidation sites excluding steroid dienone is 2. The van der Waals surface area contributed by atoms with Crippen LogP contribution in [0.4, 0.5) is 0 Å². The molecule has 0 heterocycles. The average molecular weight is 525 g/mol. The molecule has 2 aromatic rings. The third-order valence-electron chi connectivity index (χ3n) is 4.10. The van der Waals surface area contributed by atoms with Crippen molar-refractivity contribution in [2.24, 2.45) is 0 Å². The molecule has 152 valence electrons. The predicted octanol–water partition coefficient (Wildman–Crippen LogP) is -0.0874. The minimum Gasteiger partial charge on any atom is -1.00 e. The summed E-state index contributed by atoms with van der Waals surface area (Å²) in [5, 5.41) is 0. The number of halogens is 2. The number of ether oxygens (including phenoxy) is 1. The van der Waals surface area contributed by atoms with Crippen LogP contribution in [-0.2, 0) is 41.8 Å². The topological polar surface area (TPSA) is 18.5 Å². The van der Waals surface area contributed by atoms with Crippen molar-refractivity contribution in [3.05, 3.63) is 83.3 Å². The Labute approximate surface area is 207 Å². The molecule has 2 aromatic carbocycles. The van der Waals surface area contributed by atoms with Crippen molar-refractivity contribution in [2.75, 3.05) is 6.61 Å². The predicted molar refractivity (Wildman–Crippen MR) is 109 cm³/mol. The summed E-state index contributed by atoms with van der Waals surface area (Å²) in [6.07, 6.45) is 7.02. The maximum absolute atomic E-state index is 5.84. The second-order valence-corrected chi connectivity index (χ2v) is 11.8. The Morgan fingerprint density at radius 2 is 1.69 bits per heavy atom. The van der Waals surface area contributed by atoms with Crippen LogP contribution in [0.1, 0.15) is 24.5 Å². The molecule has 29 heavy (non-hydrogen) atoms. The molecule has 0 saturated heterocycles. The molecule has 0 spiro atoms. The van der Waals surface area contributed by atoms with E-state index in [0.717, 1.165) is 24.4 Å². The second-order valence-electron chi connectivity index (χ2n) is 7.32. The van der Waals surface area contributed by atoms with Gasteiger partial charge in [0.05, 0.1) is 6.61 Å². The van der Waals surface area contributed by atoms with Gasteiger partial charge in [-0.25, -0.2) is 6.08 Å². The Hall–Kier alpha value is -0.800. The largest absolute Gasteiger partial charge is 4.00 e. The van der Waals surface area contributed by atoms with Gasteiger partial charge in [0.15, 0.2) is 0 Å². The summed E-state index contributed by atoms with van der Waals surface area (Å²) >= 11 is 0. The molecule has 2 aliphatic rings. The summed E-state index contributed by atoms with van der Waals surface area (Å²) in [5.41, 5.74) is 5.51. The quantitative estimate of drug-likeness (QED) is 0.351. The van der Waals surface area contributed by atoms with Crippen LogP contribution < -0.4 is 24.8 Å². The second kappa shape index (κ2) is 12.8. The third kappa shape index (κ3) is 7.75. The molecule has 0 atom stereocenters. The Morgan fingerprint density at radius 3 is 2.38 bits per heavy atom. The van der Waals surface area contributed by atoms with E-state index >= 15 is 0 Å². The summed E-state index contributed by atoms with van der Waals surface area (Å²) in [4.78, 5) is 0.